The molecule has 1 heterocycles. The van der Waals surface area contributed by atoms with Crippen molar-refractivity contribution in [3.05, 3.63) is 30.7 Å². The van der Waals surface area contributed by atoms with Crippen LogP contribution in [0.25, 0.3) is 11.5 Å². The lowest BCUT2D eigenvalue weighted by molar-refractivity contribution is -0.124. The average Bonchev–Trinajstić information content (AvgIpc) is 3.10. The molecule has 1 aromatic carbocycles. The Morgan fingerprint density at radius 1 is 1.30 bits per heavy atom. The fraction of sp³-hybridized carbons (Fsp3) is 0.471. The lowest BCUT2D eigenvalue weighted by Crippen LogP contribution is -2.43. The molecule has 0 bridgehead atoms. The highest BCUT2D eigenvalue weighted by Crippen LogP contribution is 2.24. The summed E-state index contributed by atoms with van der Waals surface area (Å²) in [7, 11) is 0. The number of carbonyl (C=O) groups is 1. The Hall–Kier alpha value is -2.37. The van der Waals surface area contributed by atoms with E-state index in [1.54, 1.807) is 12.1 Å². The molecule has 1 aromatic heterocycles. The van der Waals surface area contributed by atoms with Crippen molar-refractivity contribution in [1.82, 2.24) is 15.5 Å². The zero-order valence-electron chi connectivity index (χ0n) is 13.2. The first-order chi connectivity index (χ1) is 11.2. The molecule has 3 rings (SSSR count). The van der Waals surface area contributed by atoms with E-state index in [9.17, 15) is 4.79 Å². The molecule has 1 amide bonds. The molecule has 23 heavy (non-hydrogen) atoms. The second kappa shape index (κ2) is 7.26. The van der Waals surface area contributed by atoms with Gasteiger partial charge in [0, 0.05) is 11.6 Å². The van der Waals surface area contributed by atoms with Crippen LogP contribution < -0.4 is 10.1 Å². The van der Waals surface area contributed by atoms with Gasteiger partial charge >= 0.3 is 0 Å². The monoisotopic (exact) mass is 315 g/mol. The predicted molar refractivity (Wildman–Crippen MR) is 84.8 cm³/mol. The summed E-state index contributed by atoms with van der Waals surface area (Å²) >= 11 is 0. The van der Waals surface area contributed by atoms with Gasteiger partial charge in [0.2, 0.25) is 12.3 Å². The Kier molecular flexibility index (Phi) is 4.90. The van der Waals surface area contributed by atoms with Crippen molar-refractivity contribution >= 4 is 5.91 Å². The van der Waals surface area contributed by atoms with Gasteiger partial charge in [-0.3, -0.25) is 4.79 Å². The smallest absolute Gasteiger partial charge is 0.258 e. The molecule has 1 N–H and O–H groups in total. The van der Waals surface area contributed by atoms with Crippen LogP contribution in [-0.4, -0.2) is 28.8 Å². The van der Waals surface area contributed by atoms with Gasteiger partial charge in [-0.15, -0.1) is 10.2 Å². The lowest BCUT2D eigenvalue weighted by atomic mass is 9.86. The van der Waals surface area contributed by atoms with Gasteiger partial charge < -0.3 is 14.5 Å². The van der Waals surface area contributed by atoms with Crippen LogP contribution >= 0.6 is 0 Å². The predicted octanol–water partition coefficient (Wildman–Crippen LogP) is 2.81. The Morgan fingerprint density at radius 3 is 2.78 bits per heavy atom. The van der Waals surface area contributed by atoms with Gasteiger partial charge in [0.25, 0.3) is 5.91 Å². The molecule has 6 heteroatoms. The third-order valence-corrected chi connectivity index (χ3v) is 4.29. The van der Waals surface area contributed by atoms with E-state index in [4.69, 9.17) is 9.15 Å². The summed E-state index contributed by atoms with van der Waals surface area (Å²) < 4.78 is 10.7. The molecular formula is C17H21N3O3. The van der Waals surface area contributed by atoms with E-state index in [1.807, 2.05) is 12.1 Å². The second-order valence-corrected chi connectivity index (χ2v) is 5.99. The normalized spacial score (nSPS) is 20.9. The van der Waals surface area contributed by atoms with Crippen molar-refractivity contribution in [3.8, 4) is 17.2 Å². The van der Waals surface area contributed by atoms with Gasteiger partial charge in [0.1, 0.15) is 5.75 Å². The molecule has 1 aliphatic carbocycles. The average molecular weight is 315 g/mol. The van der Waals surface area contributed by atoms with Crippen LogP contribution in [0, 0.1) is 5.92 Å². The molecule has 122 valence electrons. The van der Waals surface area contributed by atoms with Gasteiger partial charge in [-0.05, 0) is 43.0 Å². The number of rotatable bonds is 5. The Bertz CT molecular complexity index is 625. The van der Waals surface area contributed by atoms with E-state index in [-0.39, 0.29) is 18.6 Å². The molecule has 0 saturated heterocycles. The zero-order chi connectivity index (χ0) is 16.1. The molecule has 0 aliphatic heterocycles. The van der Waals surface area contributed by atoms with Crippen molar-refractivity contribution < 1.29 is 13.9 Å². The fourth-order valence-electron chi connectivity index (χ4n) is 2.92. The standard InChI is InChI=1S/C17H21N3O3/c1-12-4-2-3-5-15(12)19-16(21)10-22-14-8-6-13(7-9-14)17-20-18-11-23-17/h6-9,11-12,15H,2-5,10H2,1H3,(H,19,21)/t12-,15+/m1/s1. The Labute approximate surface area is 135 Å². The number of benzene rings is 1. The SMILES string of the molecule is C[C@@H]1CCCC[C@@H]1NC(=O)COc1ccc(-c2nnco2)cc1. The maximum atomic E-state index is 12.0. The largest absolute Gasteiger partial charge is 0.484 e. The first-order valence-electron chi connectivity index (χ1n) is 8.01. The maximum Gasteiger partial charge on any atom is 0.258 e. The van der Waals surface area contributed by atoms with Crippen molar-refractivity contribution in [2.24, 2.45) is 5.92 Å². The minimum atomic E-state index is -0.0651. The molecule has 1 aliphatic rings. The summed E-state index contributed by atoms with van der Waals surface area (Å²) in [6, 6.07) is 7.50. The van der Waals surface area contributed by atoms with Crippen LogP contribution in [0.15, 0.2) is 35.1 Å². The van der Waals surface area contributed by atoms with Gasteiger partial charge in [0.15, 0.2) is 6.61 Å². The topological polar surface area (TPSA) is 77.2 Å². The summed E-state index contributed by atoms with van der Waals surface area (Å²) in [5, 5.41) is 10.6. The van der Waals surface area contributed by atoms with Crippen LogP contribution in [0.2, 0.25) is 0 Å². The zero-order valence-corrected chi connectivity index (χ0v) is 13.2. The quantitative estimate of drug-likeness (QED) is 0.918. The number of aromatic nitrogens is 2. The van der Waals surface area contributed by atoms with E-state index in [2.05, 4.69) is 22.4 Å². The highest BCUT2D eigenvalue weighted by Gasteiger charge is 2.22. The van der Waals surface area contributed by atoms with E-state index in [0.717, 1.165) is 12.0 Å². The van der Waals surface area contributed by atoms with E-state index >= 15 is 0 Å². The van der Waals surface area contributed by atoms with Crippen LogP contribution in [0.5, 0.6) is 5.75 Å². The van der Waals surface area contributed by atoms with Crippen molar-refractivity contribution in [2.45, 2.75) is 38.6 Å². The number of nitrogens with zero attached hydrogens (tertiary/aromatic N) is 2. The first kappa shape index (κ1) is 15.5. The van der Waals surface area contributed by atoms with E-state index in [1.165, 1.54) is 25.7 Å². The van der Waals surface area contributed by atoms with Gasteiger partial charge in [-0.2, -0.15) is 0 Å². The summed E-state index contributed by atoms with van der Waals surface area (Å²) in [5.74, 6) is 1.58. The van der Waals surface area contributed by atoms with Crippen LogP contribution in [0.4, 0.5) is 0 Å². The molecule has 1 saturated carbocycles. The molecule has 2 aromatic rings. The van der Waals surface area contributed by atoms with E-state index < -0.39 is 0 Å². The maximum absolute atomic E-state index is 12.0. The molecule has 1 fully saturated rings. The lowest BCUT2D eigenvalue weighted by Gasteiger charge is -2.29. The number of nitrogens with one attached hydrogen (secondary N) is 1. The summed E-state index contributed by atoms with van der Waals surface area (Å²) in [6.07, 6.45) is 5.98. The third kappa shape index (κ3) is 4.09. The molecule has 0 spiro atoms. The number of hydrogen-bond acceptors (Lipinski definition) is 5. The van der Waals surface area contributed by atoms with Crippen LogP contribution in [0.3, 0.4) is 0 Å². The molecule has 0 radical (unpaired) electrons. The Balaban J connectivity index is 1.49. The summed E-state index contributed by atoms with van der Waals surface area (Å²) in [5.41, 5.74) is 0.815. The number of ether oxygens (including phenoxy) is 1. The highest BCUT2D eigenvalue weighted by molar-refractivity contribution is 5.77. The van der Waals surface area contributed by atoms with Gasteiger partial charge in [0.05, 0.1) is 0 Å². The second-order valence-electron chi connectivity index (χ2n) is 5.99. The number of carbonyl (C=O) groups excluding carboxylic acids is 1. The Morgan fingerprint density at radius 2 is 2.09 bits per heavy atom. The van der Waals surface area contributed by atoms with Crippen molar-refractivity contribution in [1.29, 1.82) is 0 Å². The van der Waals surface area contributed by atoms with Gasteiger partial charge in [-0.1, -0.05) is 19.8 Å². The summed E-state index contributed by atoms with van der Waals surface area (Å²) in [6.45, 7) is 2.23. The highest BCUT2D eigenvalue weighted by atomic mass is 16.5. The minimum absolute atomic E-state index is 0.0309. The van der Waals surface area contributed by atoms with Crippen molar-refractivity contribution in [2.75, 3.05) is 6.61 Å². The number of amides is 1. The van der Waals surface area contributed by atoms with Gasteiger partial charge in [-0.25, -0.2) is 0 Å². The summed E-state index contributed by atoms with van der Waals surface area (Å²) in [4.78, 5) is 12.0. The van der Waals surface area contributed by atoms with E-state index in [0.29, 0.717) is 17.6 Å². The minimum Gasteiger partial charge on any atom is -0.484 e. The number of hydrogen-bond donors (Lipinski definition) is 1. The molecular weight excluding hydrogens is 294 g/mol. The molecule has 6 nitrogen and oxygen atoms in total. The fourth-order valence-corrected chi connectivity index (χ4v) is 2.92. The van der Waals surface area contributed by atoms with Crippen molar-refractivity contribution in [3.63, 3.8) is 0 Å². The first-order valence-corrected chi connectivity index (χ1v) is 8.01. The van der Waals surface area contributed by atoms with Crippen LogP contribution in [-0.2, 0) is 4.79 Å². The van der Waals surface area contributed by atoms with Crippen LogP contribution in [0.1, 0.15) is 32.6 Å². The molecule has 0 unspecified atom stereocenters. The molecule has 2 atom stereocenters. The third-order valence-electron chi connectivity index (χ3n) is 4.29.